The number of nitrogens with one attached hydrogen (secondary N) is 2. The number of piperidine rings is 1. The fourth-order valence-corrected chi connectivity index (χ4v) is 3.58. The van der Waals surface area contributed by atoms with Gasteiger partial charge in [-0.15, -0.1) is 5.10 Å². The third-order valence-electron chi connectivity index (χ3n) is 5.04. The van der Waals surface area contributed by atoms with Crippen LogP contribution in [0.15, 0.2) is 42.7 Å². The van der Waals surface area contributed by atoms with Crippen molar-refractivity contribution in [2.45, 2.75) is 32.2 Å². The molecule has 1 aromatic carbocycles. The Labute approximate surface area is 152 Å². The van der Waals surface area contributed by atoms with Crippen molar-refractivity contribution in [1.29, 1.82) is 0 Å². The van der Waals surface area contributed by atoms with Crippen LogP contribution in [0.25, 0.3) is 10.9 Å². The molecule has 0 aliphatic carbocycles. The van der Waals surface area contributed by atoms with Gasteiger partial charge in [0.2, 0.25) is 5.91 Å². The molecule has 0 atom stereocenters. The molecule has 6 nitrogen and oxygen atoms in total. The van der Waals surface area contributed by atoms with Gasteiger partial charge in [0.25, 0.3) is 0 Å². The van der Waals surface area contributed by atoms with Crippen LogP contribution in [0, 0.1) is 6.92 Å². The predicted molar refractivity (Wildman–Crippen MR) is 102 cm³/mol. The lowest BCUT2D eigenvalue weighted by Gasteiger charge is -2.32. The number of carbonyl (C=O) groups excluding carboxylic acids is 1. The van der Waals surface area contributed by atoms with E-state index >= 15 is 0 Å². The molecule has 1 fully saturated rings. The van der Waals surface area contributed by atoms with Crippen LogP contribution >= 0.6 is 0 Å². The summed E-state index contributed by atoms with van der Waals surface area (Å²) in [6, 6.07) is 10.4. The molecule has 1 aliphatic heterocycles. The summed E-state index contributed by atoms with van der Waals surface area (Å²) in [4.78, 5) is 18.0. The average molecular weight is 349 g/mol. The van der Waals surface area contributed by atoms with Crippen LogP contribution in [0.2, 0.25) is 0 Å². The van der Waals surface area contributed by atoms with E-state index in [-0.39, 0.29) is 5.91 Å². The number of carbonyl (C=O) groups is 1. The zero-order valence-corrected chi connectivity index (χ0v) is 14.9. The van der Waals surface area contributed by atoms with Crippen LogP contribution < -0.4 is 5.32 Å². The molecule has 0 unspecified atom stereocenters. The molecule has 1 saturated heterocycles. The number of H-pyrrole nitrogens is 1. The van der Waals surface area contributed by atoms with Crippen molar-refractivity contribution in [3.63, 3.8) is 0 Å². The number of aromatic amines is 1. The second kappa shape index (κ2) is 7.15. The minimum absolute atomic E-state index is 0.199. The molecule has 6 heteroatoms. The van der Waals surface area contributed by atoms with Crippen molar-refractivity contribution in [2.75, 3.05) is 18.4 Å². The molecule has 1 aliphatic rings. The molecule has 0 spiro atoms. The van der Waals surface area contributed by atoms with Crippen LogP contribution in [0.5, 0.6) is 0 Å². The van der Waals surface area contributed by atoms with E-state index in [1.54, 1.807) is 6.20 Å². The lowest BCUT2D eigenvalue weighted by Crippen LogP contribution is -2.43. The number of aryl methyl sites for hydroxylation is 1. The number of rotatable bonds is 4. The molecule has 3 heterocycles. The van der Waals surface area contributed by atoms with Gasteiger partial charge < -0.3 is 15.2 Å². The van der Waals surface area contributed by atoms with Gasteiger partial charge in [-0.05, 0) is 49.1 Å². The van der Waals surface area contributed by atoms with Crippen molar-refractivity contribution >= 4 is 22.6 Å². The van der Waals surface area contributed by atoms with E-state index in [9.17, 15) is 4.79 Å². The number of hydrogen-bond donors (Lipinski definition) is 2. The molecule has 0 bridgehead atoms. The maximum Gasteiger partial charge on any atom is 0.227 e. The first kappa shape index (κ1) is 16.6. The second-order valence-electron chi connectivity index (χ2n) is 6.95. The van der Waals surface area contributed by atoms with E-state index in [0.29, 0.717) is 12.5 Å². The van der Waals surface area contributed by atoms with Crippen molar-refractivity contribution < 1.29 is 4.79 Å². The zero-order chi connectivity index (χ0) is 17.9. The molecule has 2 N–H and O–H groups in total. The van der Waals surface area contributed by atoms with Gasteiger partial charge in [0.05, 0.1) is 6.42 Å². The Morgan fingerprint density at radius 2 is 2.15 bits per heavy atom. The number of benzene rings is 1. The molecule has 0 radical (unpaired) electrons. The number of fused-ring (bicyclic) bond motifs is 1. The molecule has 26 heavy (non-hydrogen) atoms. The maximum absolute atomic E-state index is 12.7. The van der Waals surface area contributed by atoms with Crippen LogP contribution in [-0.2, 0) is 11.2 Å². The lowest BCUT2D eigenvalue weighted by atomic mass is 10.0. The van der Waals surface area contributed by atoms with Gasteiger partial charge in [-0.25, -0.2) is 0 Å². The minimum Gasteiger partial charge on any atom is -0.366 e. The van der Waals surface area contributed by atoms with Gasteiger partial charge in [0.1, 0.15) is 5.82 Å². The summed E-state index contributed by atoms with van der Waals surface area (Å²) in [7, 11) is 0. The summed E-state index contributed by atoms with van der Waals surface area (Å²) >= 11 is 0. The second-order valence-corrected chi connectivity index (χ2v) is 6.95. The SMILES string of the molecule is Cc1ccc2c(CC(=O)N3CCC(Nc4cccnn4)CC3)c[nH]c2c1. The highest BCUT2D eigenvalue weighted by Crippen LogP contribution is 2.21. The summed E-state index contributed by atoms with van der Waals surface area (Å²) in [6.45, 7) is 3.63. The van der Waals surface area contributed by atoms with Gasteiger partial charge in [0, 0.05) is 42.4 Å². The van der Waals surface area contributed by atoms with Crippen molar-refractivity contribution in [2.24, 2.45) is 0 Å². The summed E-state index contributed by atoms with van der Waals surface area (Å²) in [6.07, 6.45) is 5.93. The number of anilines is 1. The molecule has 134 valence electrons. The van der Waals surface area contributed by atoms with E-state index in [2.05, 4.69) is 45.6 Å². The van der Waals surface area contributed by atoms with Crippen LogP contribution in [0.3, 0.4) is 0 Å². The summed E-state index contributed by atoms with van der Waals surface area (Å²) < 4.78 is 0. The van der Waals surface area contributed by atoms with Crippen molar-refractivity contribution in [3.05, 3.63) is 53.9 Å². The first-order valence-corrected chi connectivity index (χ1v) is 9.07. The van der Waals surface area contributed by atoms with Gasteiger partial charge in [0.15, 0.2) is 0 Å². The third kappa shape index (κ3) is 3.54. The average Bonchev–Trinajstić information content (AvgIpc) is 3.05. The van der Waals surface area contributed by atoms with Crippen LogP contribution in [-0.4, -0.2) is 45.1 Å². The highest BCUT2D eigenvalue weighted by atomic mass is 16.2. The third-order valence-corrected chi connectivity index (χ3v) is 5.04. The van der Waals surface area contributed by atoms with Crippen LogP contribution in [0.4, 0.5) is 5.82 Å². The van der Waals surface area contributed by atoms with E-state index < -0.39 is 0 Å². The summed E-state index contributed by atoms with van der Waals surface area (Å²) in [5, 5.41) is 12.5. The Bertz CT molecular complexity index is 897. The number of likely N-dealkylation sites (tertiary alicyclic amines) is 1. The van der Waals surface area contributed by atoms with E-state index in [4.69, 9.17) is 0 Å². The number of hydrogen-bond acceptors (Lipinski definition) is 4. The molecular weight excluding hydrogens is 326 g/mol. The Kier molecular flexibility index (Phi) is 4.56. The number of aromatic nitrogens is 3. The summed E-state index contributed by atoms with van der Waals surface area (Å²) in [5.74, 6) is 0.996. The van der Waals surface area contributed by atoms with Crippen molar-refractivity contribution in [3.8, 4) is 0 Å². The van der Waals surface area contributed by atoms with E-state index in [0.717, 1.165) is 48.2 Å². The normalized spacial score (nSPS) is 15.3. The fraction of sp³-hybridized carbons (Fsp3) is 0.350. The van der Waals surface area contributed by atoms with Gasteiger partial charge in [-0.2, -0.15) is 5.10 Å². The minimum atomic E-state index is 0.199. The topological polar surface area (TPSA) is 73.9 Å². The molecule has 0 saturated carbocycles. The largest absolute Gasteiger partial charge is 0.366 e. The summed E-state index contributed by atoms with van der Waals surface area (Å²) in [5.41, 5.74) is 3.39. The van der Waals surface area contributed by atoms with Crippen molar-refractivity contribution in [1.82, 2.24) is 20.1 Å². The fourth-order valence-electron chi connectivity index (χ4n) is 3.58. The number of nitrogens with zero attached hydrogens (tertiary/aromatic N) is 3. The molecule has 1 amide bonds. The van der Waals surface area contributed by atoms with Crippen LogP contribution in [0.1, 0.15) is 24.0 Å². The predicted octanol–water partition coefficient (Wildman–Crippen LogP) is 2.91. The molecule has 2 aromatic heterocycles. The van der Waals surface area contributed by atoms with E-state index in [1.807, 2.05) is 23.2 Å². The Balaban J connectivity index is 1.34. The van der Waals surface area contributed by atoms with Gasteiger partial charge >= 0.3 is 0 Å². The standard InChI is InChI=1S/C20H23N5O/c1-14-4-5-17-15(13-21-18(17)11-14)12-20(26)25-9-6-16(7-10-25)23-19-3-2-8-22-24-19/h2-5,8,11,13,16,21H,6-7,9-10,12H2,1H3,(H,23,24). The quantitative estimate of drug-likeness (QED) is 0.759. The first-order chi connectivity index (χ1) is 12.7. The Morgan fingerprint density at radius 3 is 2.92 bits per heavy atom. The van der Waals surface area contributed by atoms with Gasteiger partial charge in [-0.1, -0.05) is 12.1 Å². The molecule has 4 rings (SSSR count). The lowest BCUT2D eigenvalue weighted by molar-refractivity contribution is -0.131. The number of amides is 1. The smallest absolute Gasteiger partial charge is 0.227 e. The maximum atomic E-state index is 12.7. The first-order valence-electron chi connectivity index (χ1n) is 9.07. The zero-order valence-electron chi connectivity index (χ0n) is 14.9. The highest BCUT2D eigenvalue weighted by molar-refractivity contribution is 5.89. The van der Waals surface area contributed by atoms with E-state index in [1.165, 1.54) is 5.56 Å². The monoisotopic (exact) mass is 349 g/mol. The highest BCUT2D eigenvalue weighted by Gasteiger charge is 2.23. The Hall–Kier alpha value is -2.89. The Morgan fingerprint density at radius 1 is 1.31 bits per heavy atom. The molecule has 3 aromatic rings. The molecular formula is C20H23N5O. The van der Waals surface area contributed by atoms with Gasteiger partial charge in [-0.3, -0.25) is 4.79 Å².